The van der Waals surface area contributed by atoms with E-state index in [0.717, 1.165) is 38.6 Å². The van der Waals surface area contributed by atoms with E-state index in [2.05, 4.69) is 25.1 Å². The summed E-state index contributed by atoms with van der Waals surface area (Å²) in [4.78, 5) is 37.5. The van der Waals surface area contributed by atoms with Crippen molar-refractivity contribution in [3.63, 3.8) is 0 Å². The first-order chi connectivity index (χ1) is 15.6. The van der Waals surface area contributed by atoms with Gasteiger partial charge in [-0.2, -0.15) is 4.98 Å². The van der Waals surface area contributed by atoms with Gasteiger partial charge in [0.1, 0.15) is 0 Å². The molecular formula is C21H23N7O3S. The van der Waals surface area contributed by atoms with E-state index in [-0.39, 0.29) is 11.1 Å². The van der Waals surface area contributed by atoms with Crippen LogP contribution in [0, 0.1) is 0 Å². The van der Waals surface area contributed by atoms with Gasteiger partial charge in [-0.25, -0.2) is 10.1 Å². The van der Waals surface area contributed by atoms with E-state index < -0.39 is 0 Å². The molecule has 1 aliphatic rings. The molecule has 4 aromatic rings. The molecule has 5 rings (SSSR count). The summed E-state index contributed by atoms with van der Waals surface area (Å²) in [6.45, 7) is 6.53. The van der Waals surface area contributed by atoms with Gasteiger partial charge in [0.05, 0.1) is 35.0 Å². The summed E-state index contributed by atoms with van der Waals surface area (Å²) >= 11 is 1.48. The van der Waals surface area contributed by atoms with Crippen molar-refractivity contribution in [3.05, 3.63) is 51.3 Å². The molecule has 0 radical (unpaired) electrons. The van der Waals surface area contributed by atoms with Crippen molar-refractivity contribution >= 4 is 33.6 Å². The van der Waals surface area contributed by atoms with Crippen molar-refractivity contribution in [1.82, 2.24) is 34.2 Å². The molecule has 11 heteroatoms. The fourth-order valence-electron chi connectivity index (χ4n) is 3.82. The van der Waals surface area contributed by atoms with Crippen LogP contribution < -0.4 is 11.1 Å². The summed E-state index contributed by atoms with van der Waals surface area (Å²) in [6, 6.07) is 5.21. The van der Waals surface area contributed by atoms with Crippen LogP contribution in [0.3, 0.4) is 0 Å². The molecule has 0 unspecified atom stereocenters. The van der Waals surface area contributed by atoms with Crippen LogP contribution in [0.2, 0.25) is 0 Å². The van der Waals surface area contributed by atoms with Gasteiger partial charge in [-0.3, -0.25) is 19.1 Å². The second-order valence-corrected chi connectivity index (χ2v) is 8.72. The standard InChI is InChI=1S/C21H23N7O3S/c1-2-32-21-23-20(24-25-21)28-6-4-17-15(19(28)30)13-14-16(22-17)3-5-27(18(14)29)8-7-26-9-11-31-12-10-26/h3-6,13H,2,7-12H2,1H3,(H,23,24,25). The fraction of sp³-hybridized carbons (Fsp3) is 0.381. The van der Waals surface area contributed by atoms with Gasteiger partial charge in [0.2, 0.25) is 11.1 Å². The molecule has 0 bridgehead atoms. The Balaban J connectivity index is 1.52. The number of H-pyrrole nitrogens is 1. The Kier molecular flexibility index (Phi) is 5.77. The van der Waals surface area contributed by atoms with E-state index >= 15 is 0 Å². The molecule has 0 aliphatic carbocycles. The minimum Gasteiger partial charge on any atom is -0.379 e. The number of fused-ring (bicyclic) bond motifs is 2. The van der Waals surface area contributed by atoms with Gasteiger partial charge in [0.25, 0.3) is 11.1 Å². The van der Waals surface area contributed by atoms with Crippen LogP contribution >= 0.6 is 11.8 Å². The SMILES string of the molecule is CCSc1n[nH]c(-n2ccc3nc4ccn(CCN5CCOCC5)c(=O)c4cc3c2=O)n1. The van der Waals surface area contributed by atoms with Crippen molar-refractivity contribution in [2.45, 2.75) is 18.6 Å². The first kappa shape index (κ1) is 20.9. The number of rotatable bonds is 6. The van der Waals surface area contributed by atoms with Crippen molar-refractivity contribution in [3.8, 4) is 5.95 Å². The lowest BCUT2D eigenvalue weighted by Gasteiger charge is -2.26. The summed E-state index contributed by atoms with van der Waals surface area (Å²) in [6.07, 6.45) is 3.39. The number of aromatic nitrogens is 6. The van der Waals surface area contributed by atoms with Gasteiger partial charge < -0.3 is 9.30 Å². The van der Waals surface area contributed by atoms with Gasteiger partial charge in [-0.15, -0.1) is 5.10 Å². The number of pyridine rings is 3. The molecule has 1 aliphatic heterocycles. The maximum atomic E-state index is 13.2. The smallest absolute Gasteiger partial charge is 0.266 e. The molecule has 0 spiro atoms. The summed E-state index contributed by atoms with van der Waals surface area (Å²) < 4.78 is 8.45. The van der Waals surface area contributed by atoms with Gasteiger partial charge in [0.15, 0.2) is 0 Å². The highest BCUT2D eigenvalue weighted by Crippen LogP contribution is 2.16. The van der Waals surface area contributed by atoms with E-state index in [4.69, 9.17) is 4.74 Å². The van der Waals surface area contributed by atoms with Gasteiger partial charge in [-0.05, 0) is 24.0 Å². The molecule has 166 valence electrons. The molecule has 4 aromatic heterocycles. The molecule has 0 amide bonds. The van der Waals surface area contributed by atoms with Gasteiger partial charge in [-0.1, -0.05) is 18.7 Å². The largest absolute Gasteiger partial charge is 0.379 e. The summed E-state index contributed by atoms with van der Waals surface area (Å²) in [5, 5.41) is 8.29. The third-order valence-electron chi connectivity index (χ3n) is 5.53. The molecule has 32 heavy (non-hydrogen) atoms. The molecule has 0 saturated carbocycles. The Hall–Kier alpha value is -3.02. The first-order valence-electron chi connectivity index (χ1n) is 10.6. The number of aromatic amines is 1. The van der Waals surface area contributed by atoms with Crippen LogP contribution in [0.15, 0.2) is 45.3 Å². The van der Waals surface area contributed by atoms with Gasteiger partial charge in [0, 0.05) is 38.6 Å². The van der Waals surface area contributed by atoms with E-state index in [0.29, 0.717) is 39.5 Å². The van der Waals surface area contributed by atoms with Crippen LogP contribution in [0.1, 0.15) is 6.92 Å². The molecule has 1 saturated heterocycles. The lowest BCUT2D eigenvalue weighted by Crippen LogP contribution is -2.39. The molecule has 10 nitrogen and oxygen atoms in total. The van der Waals surface area contributed by atoms with Crippen molar-refractivity contribution < 1.29 is 4.74 Å². The monoisotopic (exact) mass is 453 g/mol. The highest BCUT2D eigenvalue weighted by Gasteiger charge is 2.14. The second-order valence-electron chi connectivity index (χ2n) is 7.49. The Bertz CT molecular complexity index is 1390. The molecule has 1 fully saturated rings. The first-order valence-corrected chi connectivity index (χ1v) is 11.5. The summed E-state index contributed by atoms with van der Waals surface area (Å²) in [5.41, 5.74) is 0.654. The predicted octanol–water partition coefficient (Wildman–Crippen LogP) is 1.26. The molecule has 0 aromatic carbocycles. The highest BCUT2D eigenvalue weighted by atomic mass is 32.2. The predicted molar refractivity (Wildman–Crippen MR) is 123 cm³/mol. The zero-order valence-corrected chi connectivity index (χ0v) is 18.5. The average molecular weight is 454 g/mol. The number of hydrogen-bond acceptors (Lipinski definition) is 8. The van der Waals surface area contributed by atoms with Crippen LogP contribution in [0.25, 0.3) is 27.8 Å². The third-order valence-corrected chi connectivity index (χ3v) is 6.26. The zero-order chi connectivity index (χ0) is 22.1. The summed E-state index contributed by atoms with van der Waals surface area (Å²) in [5.74, 6) is 1.17. The number of thioether (sulfide) groups is 1. The molecular weight excluding hydrogens is 430 g/mol. The van der Waals surface area contributed by atoms with E-state index in [1.165, 1.54) is 16.3 Å². The lowest BCUT2D eigenvalue weighted by molar-refractivity contribution is 0.0363. The van der Waals surface area contributed by atoms with E-state index in [9.17, 15) is 9.59 Å². The minimum atomic E-state index is -0.302. The number of ether oxygens (including phenoxy) is 1. The van der Waals surface area contributed by atoms with Gasteiger partial charge >= 0.3 is 0 Å². The second kappa shape index (κ2) is 8.85. The number of morpholine rings is 1. The quantitative estimate of drug-likeness (QED) is 0.343. The Morgan fingerprint density at radius 2 is 1.78 bits per heavy atom. The highest BCUT2D eigenvalue weighted by molar-refractivity contribution is 7.99. The van der Waals surface area contributed by atoms with E-state index in [1.807, 2.05) is 13.0 Å². The third kappa shape index (κ3) is 3.94. The Morgan fingerprint density at radius 1 is 1.03 bits per heavy atom. The van der Waals surface area contributed by atoms with Crippen LogP contribution in [0.5, 0.6) is 0 Å². The number of nitrogens with zero attached hydrogens (tertiary/aromatic N) is 6. The zero-order valence-electron chi connectivity index (χ0n) is 17.7. The van der Waals surface area contributed by atoms with Crippen molar-refractivity contribution in [2.75, 3.05) is 38.6 Å². The van der Waals surface area contributed by atoms with Crippen molar-refractivity contribution in [1.29, 1.82) is 0 Å². The van der Waals surface area contributed by atoms with Crippen LogP contribution in [-0.2, 0) is 11.3 Å². The Labute approximate surface area is 187 Å². The maximum Gasteiger partial charge on any atom is 0.266 e. The molecule has 0 atom stereocenters. The van der Waals surface area contributed by atoms with E-state index in [1.54, 1.807) is 29.1 Å². The fourth-order valence-corrected chi connectivity index (χ4v) is 4.34. The average Bonchev–Trinajstić information content (AvgIpc) is 3.27. The van der Waals surface area contributed by atoms with Crippen LogP contribution in [0.4, 0.5) is 0 Å². The number of nitrogens with one attached hydrogen (secondary N) is 1. The Morgan fingerprint density at radius 3 is 2.56 bits per heavy atom. The maximum absolute atomic E-state index is 13.2. The topological polar surface area (TPSA) is 111 Å². The lowest BCUT2D eigenvalue weighted by atomic mass is 10.2. The molecule has 5 heterocycles. The minimum absolute atomic E-state index is 0.152. The van der Waals surface area contributed by atoms with Crippen molar-refractivity contribution in [2.24, 2.45) is 0 Å². The summed E-state index contributed by atoms with van der Waals surface area (Å²) in [7, 11) is 0. The number of hydrogen-bond donors (Lipinski definition) is 1. The van der Waals surface area contributed by atoms with Crippen LogP contribution in [-0.4, -0.2) is 72.8 Å². The molecule has 1 N–H and O–H groups in total. The normalized spacial score (nSPS) is 15.0.